The second-order valence-electron chi connectivity index (χ2n) is 9.41. The van der Waals surface area contributed by atoms with E-state index in [1.807, 2.05) is 98.8 Å². The number of carbonyl (C=O) groups is 2. The van der Waals surface area contributed by atoms with Gasteiger partial charge in [-0.25, -0.2) is 19.6 Å². The minimum atomic E-state index is -0.610. The molecule has 41 heavy (non-hydrogen) atoms. The Morgan fingerprint density at radius 2 is 0.976 bits per heavy atom. The number of ether oxygens (including phenoxy) is 2. The van der Waals surface area contributed by atoms with Crippen molar-refractivity contribution >= 4 is 29.3 Å². The third kappa shape index (κ3) is 5.43. The number of pyridine rings is 2. The molecule has 0 atom stereocenters. The van der Waals surface area contributed by atoms with Gasteiger partial charge in [-0.3, -0.25) is 4.90 Å². The smallest absolute Gasteiger partial charge is 0.340 e. The van der Waals surface area contributed by atoms with E-state index >= 15 is 0 Å². The number of esters is 2. The molecule has 7 nitrogen and oxygen atoms in total. The van der Waals surface area contributed by atoms with Gasteiger partial charge in [0.1, 0.15) is 11.6 Å². The van der Waals surface area contributed by atoms with Gasteiger partial charge in [-0.1, -0.05) is 66.7 Å². The molecule has 0 aliphatic rings. The number of para-hydroxylation sites is 1. The van der Waals surface area contributed by atoms with Crippen LogP contribution in [0, 0.1) is 13.8 Å². The van der Waals surface area contributed by atoms with Gasteiger partial charge in [0.15, 0.2) is 0 Å². The molecule has 0 spiro atoms. The molecule has 0 unspecified atom stereocenters. The van der Waals surface area contributed by atoms with E-state index in [0.29, 0.717) is 11.6 Å². The van der Waals surface area contributed by atoms with Crippen molar-refractivity contribution in [2.24, 2.45) is 0 Å². The van der Waals surface area contributed by atoms with Gasteiger partial charge in [-0.2, -0.15) is 0 Å². The van der Waals surface area contributed by atoms with Gasteiger partial charge in [0.05, 0.1) is 42.4 Å². The van der Waals surface area contributed by atoms with Crippen molar-refractivity contribution in [1.82, 2.24) is 9.97 Å². The predicted octanol–water partition coefficient (Wildman–Crippen LogP) is 7.47. The van der Waals surface area contributed by atoms with Crippen LogP contribution < -0.4 is 4.90 Å². The number of rotatable bonds is 7. The Balaban J connectivity index is 1.82. The molecule has 5 aromatic rings. The van der Waals surface area contributed by atoms with Crippen molar-refractivity contribution in [1.29, 1.82) is 0 Å². The fourth-order valence-corrected chi connectivity index (χ4v) is 4.80. The summed E-state index contributed by atoms with van der Waals surface area (Å²) in [5.74, 6) is -0.301. The minimum Gasteiger partial charge on any atom is -0.465 e. The summed E-state index contributed by atoms with van der Waals surface area (Å²) in [7, 11) is 2.60. The number of hydrogen-bond acceptors (Lipinski definition) is 7. The SMILES string of the molecule is COC(=O)c1cccc(C(=O)OC)c1N(c1cccc(-c2ccccc2C)n1)c1cccc(-c2ccccc2C)n1. The van der Waals surface area contributed by atoms with E-state index in [4.69, 9.17) is 19.4 Å². The predicted molar refractivity (Wildman–Crippen MR) is 160 cm³/mol. The molecule has 0 saturated heterocycles. The van der Waals surface area contributed by atoms with E-state index in [-0.39, 0.29) is 16.8 Å². The molecule has 0 saturated carbocycles. The molecule has 0 aliphatic heterocycles. The zero-order valence-electron chi connectivity index (χ0n) is 23.3. The van der Waals surface area contributed by atoms with Crippen LogP contribution in [-0.4, -0.2) is 36.1 Å². The summed E-state index contributed by atoms with van der Waals surface area (Å²) in [5, 5.41) is 0. The van der Waals surface area contributed by atoms with Crippen LogP contribution in [0.5, 0.6) is 0 Å². The number of aromatic nitrogens is 2. The zero-order valence-corrected chi connectivity index (χ0v) is 23.3. The van der Waals surface area contributed by atoms with Gasteiger partial charge in [0.25, 0.3) is 0 Å². The second-order valence-corrected chi connectivity index (χ2v) is 9.41. The lowest BCUT2D eigenvalue weighted by Gasteiger charge is -2.27. The molecular weight excluding hydrogens is 514 g/mol. The topological polar surface area (TPSA) is 81.6 Å². The maximum atomic E-state index is 13.1. The monoisotopic (exact) mass is 543 g/mol. The molecule has 2 aromatic heterocycles. The van der Waals surface area contributed by atoms with E-state index in [9.17, 15) is 9.59 Å². The van der Waals surface area contributed by atoms with Crippen LogP contribution in [0.25, 0.3) is 22.5 Å². The summed E-state index contributed by atoms with van der Waals surface area (Å²) in [5.41, 5.74) is 6.11. The summed E-state index contributed by atoms with van der Waals surface area (Å²) < 4.78 is 10.3. The van der Waals surface area contributed by atoms with E-state index in [1.165, 1.54) is 14.2 Å². The first kappa shape index (κ1) is 27.3. The molecule has 7 heteroatoms. The maximum Gasteiger partial charge on any atom is 0.340 e. The lowest BCUT2D eigenvalue weighted by atomic mass is 10.0. The number of hydrogen-bond donors (Lipinski definition) is 0. The number of aryl methyl sites for hydroxylation is 2. The molecule has 2 heterocycles. The van der Waals surface area contributed by atoms with Gasteiger partial charge in [-0.15, -0.1) is 0 Å². The van der Waals surface area contributed by atoms with Crippen LogP contribution >= 0.6 is 0 Å². The fourth-order valence-electron chi connectivity index (χ4n) is 4.80. The standard InChI is InChI=1S/C34H29N3O4/c1-22-12-5-7-14-24(22)28-18-10-20-30(35-28)37(31-21-11-19-29(36-31)25-15-8-6-13-23(25)2)32-26(33(38)40-3)16-9-17-27(32)34(39)41-4/h5-21H,1-4H3. The Labute approximate surface area is 239 Å². The van der Waals surface area contributed by atoms with Crippen molar-refractivity contribution in [2.75, 3.05) is 19.1 Å². The highest BCUT2D eigenvalue weighted by molar-refractivity contribution is 6.07. The molecule has 0 bridgehead atoms. The largest absolute Gasteiger partial charge is 0.465 e. The highest BCUT2D eigenvalue weighted by Crippen LogP contribution is 2.39. The zero-order chi connectivity index (χ0) is 28.9. The van der Waals surface area contributed by atoms with Crippen molar-refractivity contribution in [2.45, 2.75) is 13.8 Å². The van der Waals surface area contributed by atoms with Crippen LogP contribution in [0.2, 0.25) is 0 Å². The molecule has 0 radical (unpaired) electrons. The molecule has 0 fully saturated rings. The highest BCUT2D eigenvalue weighted by Gasteiger charge is 2.29. The molecular formula is C34H29N3O4. The quantitative estimate of drug-likeness (QED) is 0.197. The first-order valence-electron chi connectivity index (χ1n) is 13.1. The fraction of sp³-hybridized carbons (Fsp3) is 0.118. The third-order valence-electron chi connectivity index (χ3n) is 6.84. The first-order valence-corrected chi connectivity index (χ1v) is 13.1. The number of anilines is 3. The summed E-state index contributed by atoms with van der Waals surface area (Å²) in [6, 6.07) is 32.0. The third-order valence-corrected chi connectivity index (χ3v) is 6.84. The molecule has 0 N–H and O–H groups in total. The molecule has 5 rings (SSSR count). The van der Waals surface area contributed by atoms with E-state index in [1.54, 1.807) is 23.1 Å². The van der Waals surface area contributed by atoms with Crippen LogP contribution in [-0.2, 0) is 9.47 Å². The van der Waals surface area contributed by atoms with Crippen molar-refractivity contribution in [3.63, 3.8) is 0 Å². The summed E-state index contributed by atoms with van der Waals surface area (Å²) in [6.07, 6.45) is 0. The summed E-state index contributed by atoms with van der Waals surface area (Å²) in [6.45, 7) is 4.05. The average Bonchev–Trinajstić information content (AvgIpc) is 3.01. The number of carbonyl (C=O) groups excluding carboxylic acids is 2. The number of benzene rings is 3. The van der Waals surface area contributed by atoms with Gasteiger partial charge < -0.3 is 9.47 Å². The average molecular weight is 544 g/mol. The molecule has 0 aliphatic carbocycles. The minimum absolute atomic E-state index is 0.168. The Bertz CT molecular complexity index is 1620. The van der Waals surface area contributed by atoms with Crippen LogP contribution in [0.4, 0.5) is 17.3 Å². The van der Waals surface area contributed by atoms with Gasteiger partial charge in [0, 0.05) is 11.1 Å². The summed E-state index contributed by atoms with van der Waals surface area (Å²) >= 11 is 0. The van der Waals surface area contributed by atoms with Gasteiger partial charge in [0.2, 0.25) is 0 Å². The Morgan fingerprint density at radius 3 is 1.39 bits per heavy atom. The van der Waals surface area contributed by atoms with Gasteiger partial charge >= 0.3 is 11.9 Å². The highest BCUT2D eigenvalue weighted by atomic mass is 16.5. The van der Waals surface area contributed by atoms with E-state index in [0.717, 1.165) is 33.6 Å². The lowest BCUT2D eigenvalue weighted by molar-refractivity contribution is 0.0601. The van der Waals surface area contributed by atoms with Gasteiger partial charge in [-0.05, 0) is 61.4 Å². The number of methoxy groups -OCH3 is 2. The van der Waals surface area contributed by atoms with Crippen molar-refractivity contribution in [3.05, 3.63) is 125 Å². The number of nitrogens with zero attached hydrogens (tertiary/aromatic N) is 3. The van der Waals surface area contributed by atoms with Crippen LogP contribution in [0.3, 0.4) is 0 Å². The van der Waals surface area contributed by atoms with Crippen LogP contribution in [0.1, 0.15) is 31.8 Å². The Kier molecular flexibility index (Phi) is 7.87. The van der Waals surface area contributed by atoms with Crippen LogP contribution in [0.15, 0.2) is 103 Å². The maximum absolute atomic E-state index is 13.1. The lowest BCUT2D eigenvalue weighted by Crippen LogP contribution is -2.21. The molecule has 204 valence electrons. The molecule has 3 aromatic carbocycles. The second kappa shape index (κ2) is 11.8. The molecule has 0 amide bonds. The normalized spacial score (nSPS) is 10.6. The van der Waals surface area contributed by atoms with E-state index < -0.39 is 11.9 Å². The Hall–Kier alpha value is -5.30. The van der Waals surface area contributed by atoms with Crippen molar-refractivity contribution < 1.29 is 19.1 Å². The Morgan fingerprint density at radius 1 is 0.561 bits per heavy atom. The van der Waals surface area contributed by atoms with Crippen molar-refractivity contribution in [3.8, 4) is 22.5 Å². The first-order chi connectivity index (χ1) is 19.9. The summed E-state index contributed by atoms with van der Waals surface area (Å²) in [4.78, 5) is 37.9. The van der Waals surface area contributed by atoms with E-state index in [2.05, 4.69) is 0 Å².